The molecule has 0 spiro atoms. The fraction of sp³-hybridized carbons (Fsp3) is 0.286. The SMILES string of the molecule is COC1(c2cccc(Sc3ccc4c(nc(C)c5nnc(-c6ccccn6)n54)c3C)c2)CCOCC1. The van der Waals surface area contributed by atoms with Gasteiger partial charge in [-0.05, 0) is 61.4 Å². The molecule has 4 heterocycles. The number of aromatic nitrogens is 5. The second kappa shape index (κ2) is 9.28. The van der Waals surface area contributed by atoms with E-state index in [1.807, 2.05) is 25.1 Å². The molecule has 0 amide bonds. The summed E-state index contributed by atoms with van der Waals surface area (Å²) in [6.45, 7) is 5.55. The van der Waals surface area contributed by atoms with Crippen molar-refractivity contribution in [2.24, 2.45) is 0 Å². The number of rotatable bonds is 5. The average Bonchev–Trinajstić information content (AvgIpc) is 3.38. The summed E-state index contributed by atoms with van der Waals surface area (Å²) >= 11 is 1.75. The summed E-state index contributed by atoms with van der Waals surface area (Å²) in [4.78, 5) is 11.8. The topological polar surface area (TPSA) is 74.4 Å². The van der Waals surface area contributed by atoms with Crippen LogP contribution in [0.2, 0.25) is 0 Å². The molecule has 5 aromatic rings. The number of aryl methyl sites for hydroxylation is 2. The summed E-state index contributed by atoms with van der Waals surface area (Å²) in [6.07, 6.45) is 3.50. The van der Waals surface area contributed by atoms with Crippen LogP contribution < -0.4 is 0 Å². The molecule has 0 saturated carbocycles. The van der Waals surface area contributed by atoms with E-state index < -0.39 is 0 Å². The first-order chi connectivity index (χ1) is 17.6. The highest BCUT2D eigenvalue weighted by molar-refractivity contribution is 7.99. The minimum Gasteiger partial charge on any atom is -0.381 e. The lowest BCUT2D eigenvalue weighted by Gasteiger charge is -2.36. The normalized spacial score (nSPS) is 15.5. The molecular weight excluding hydrogens is 470 g/mol. The van der Waals surface area contributed by atoms with Gasteiger partial charge < -0.3 is 9.47 Å². The average molecular weight is 498 g/mol. The van der Waals surface area contributed by atoms with Crippen molar-refractivity contribution in [2.75, 3.05) is 20.3 Å². The Morgan fingerprint density at radius 1 is 1.00 bits per heavy atom. The number of nitrogens with zero attached hydrogens (tertiary/aromatic N) is 5. The summed E-state index contributed by atoms with van der Waals surface area (Å²) in [7, 11) is 1.80. The smallest absolute Gasteiger partial charge is 0.187 e. The maximum Gasteiger partial charge on any atom is 0.187 e. The first-order valence-electron chi connectivity index (χ1n) is 12.1. The third kappa shape index (κ3) is 3.86. The predicted molar refractivity (Wildman–Crippen MR) is 140 cm³/mol. The van der Waals surface area contributed by atoms with E-state index in [-0.39, 0.29) is 5.60 Å². The van der Waals surface area contributed by atoms with Gasteiger partial charge in [-0.1, -0.05) is 30.0 Å². The first kappa shape index (κ1) is 23.1. The van der Waals surface area contributed by atoms with Crippen molar-refractivity contribution in [1.82, 2.24) is 24.6 Å². The quantitative estimate of drug-likeness (QED) is 0.306. The van der Waals surface area contributed by atoms with Crippen molar-refractivity contribution in [2.45, 2.75) is 42.1 Å². The number of ether oxygens (including phenoxy) is 2. The summed E-state index contributed by atoms with van der Waals surface area (Å²) in [5.74, 6) is 0.718. The van der Waals surface area contributed by atoms with Crippen LogP contribution in [-0.2, 0) is 15.1 Å². The number of methoxy groups -OCH3 is 1. The van der Waals surface area contributed by atoms with Crippen LogP contribution in [0.5, 0.6) is 0 Å². The molecule has 0 atom stereocenters. The van der Waals surface area contributed by atoms with Crippen molar-refractivity contribution >= 4 is 28.4 Å². The third-order valence-electron chi connectivity index (χ3n) is 7.04. The fourth-order valence-electron chi connectivity index (χ4n) is 5.01. The Morgan fingerprint density at radius 3 is 2.64 bits per heavy atom. The van der Waals surface area contributed by atoms with Gasteiger partial charge in [-0.15, -0.1) is 10.2 Å². The number of hydrogen-bond donors (Lipinski definition) is 0. The van der Waals surface area contributed by atoms with E-state index in [9.17, 15) is 0 Å². The Bertz CT molecular complexity index is 1560. The Labute approximate surface area is 213 Å². The van der Waals surface area contributed by atoms with Crippen LogP contribution >= 0.6 is 11.8 Å². The van der Waals surface area contributed by atoms with Crippen LogP contribution in [0.1, 0.15) is 29.7 Å². The highest BCUT2D eigenvalue weighted by atomic mass is 32.2. The van der Waals surface area contributed by atoms with Crippen LogP contribution in [0.25, 0.3) is 28.2 Å². The van der Waals surface area contributed by atoms with Gasteiger partial charge in [0.05, 0.1) is 22.3 Å². The largest absolute Gasteiger partial charge is 0.381 e. The van der Waals surface area contributed by atoms with Gasteiger partial charge in [0.1, 0.15) is 5.69 Å². The van der Waals surface area contributed by atoms with Crippen molar-refractivity contribution < 1.29 is 9.47 Å². The van der Waals surface area contributed by atoms with E-state index in [1.165, 1.54) is 10.5 Å². The standard InChI is InChI=1S/C28H27N5O2S/c1-18-24(36-21-8-6-7-20(17-21)28(34-3)12-15-35-16-13-28)11-10-23-25(18)30-19(2)26-31-32-27(33(23)26)22-9-4-5-14-29-22/h4-11,14,17H,12-13,15-16H2,1-3H3. The monoisotopic (exact) mass is 497 g/mol. The zero-order valence-corrected chi connectivity index (χ0v) is 21.4. The van der Waals surface area contributed by atoms with Gasteiger partial charge in [-0.2, -0.15) is 0 Å². The number of benzene rings is 2. The van der Waals surface area contributed by atoms with E-state index >= 15 is 0 Å². The molecule has 182 valence electrons. The highest BCUT2D eigenvalue weighted by Crippen LogP contribution is 2.39. The second-order valence-electron chi connectivity index (χ2n) is 9.09. The molecule has 1 saturated heterocycles. The number of hydrogen-bond acceptors (Lipinski definition) is 7. The molecule has 1 aliphatic rings. The molecule has 8 heteroatoms. The Hall–Kier alpha value is -3.33. The minimum atomic E-state index is -0.284. The third-order valence-corrected chi connectivity index (χ3v) is 8.19. The van der Waals surface area contributed by atoms with Crippen LogP contribution in [0.4, 0.5) is 0 Å². The Kier molecular flexibility index (Phi) is 5.95. The summed E-state index contributed by atoms with van der Waals surface area (Å²) in [5.41, 5.74) is 6.33. The van der Waals surface area contributed by atoms with Crippen molar-refractivity contribution in [3.05, 3.63) is 77.6 Å². The van der Waals surface area contributed by atoms with Gasteiger partial charge in [0, 0.05) is 49.2 Å². The van der Waals surface area contributed by atoms with Gasteiger partial charge >= 0.3 is 0 Å². The maximum atomic E-state index is 6.03. The van der Waals surface area contributed by atoms with Crippen LogP contribution in [-0.4, -0.2) is 44.9 Å². The van der Waals surface area contributed by atoms with Crippen molar-refractivity contribution in [3.63, 3.8) is 0 Å². The summed E-state index contributed by atoms with van der Waals surface area (Å²) in [6, 6.07) is 18.8. The molecule has 36 heavy (non-hydrogen) atoms. The predicted octanol–water partition coefficient (Wildman–Crippen LogP) is 5.76. The van der Waals surface area contributed by atoms with E-state index in [1.54, 1.807) is 25.1 Å². The van der Waals surface area contributed by atoms with E-state index in [4.69, 9.17) is 14.5 Å². The van der Waals surface area contributed by atoms with Gasteiger partial charge in [-0.3, -0.25) is 9.38 Å². The van der Waals surface area contributed by atoms with Crippen LogP contribution in [0, 0.1) is 13.8 Å². The fourth-order valence-corrected chi connectivity index (χ4v) is 5.98. The van der Waals surface area contributed by atoms with Crippen LogP contribution in [0.15, 0.2) is 70.6 Å². The molecule has 0 bridgehead atoms. The highest BCUT2D eigenvalue weighted by Gasteiger charge is 2.34. The molecule has 0 aliphatic carbocycles. The zero-order valence-electron chi connectivity index (χ0n) is 20.6. The Morgan fingerprint density at radius 2 is 1.86 bits per heavy atom. The first-order valence-corrected chi connectivity index (χ1v) is 12.9. The minimum absolute atomic E-state index is 0.284. The molecule has 0 unspecified atom stereocenters. The molecule has 0 radical (unpaired) electrons. The van der Waals surface area contributed by atoms with Crippen LogP contribution in [0.3, 0.4) is 0 Å². The van der Waals surface area contributed by atoms with Gasteiger partial charge in [0.15, 0.2) is 11.5 Å². The van der Waals surface area contributed by atoms with E-state index in [0.29, 0.717) is 0 Å². The second-order valence-corrected chi connectivity index (χ2v) is 10.2. The lowest BCUT2D eigenvalue weighted by molar-refractivity contribution is -0.0948. The van der Waals surface area contributed by atoms with Crippen molar-refractivity contribution in [1.29, 1.82) is 0 Å². The van der Waals surface area contributed by atoms with Crippen molar-refractivity contribution in [3.8, 4) is 11.5 Å². The number of pyridine rings is 1. The maximum absolute atomic E-state index is 6.03. The van der Waals surface area contributed by atoms with E-state index in [2.05, 4.69) is 62.9 Å². The summed E-state index contributed by atoms with van der Waals surface area (Å²) in [5, 5.41) is 8.87. The lowest BCUT2D eigenvalue weighted by Crippen LogP contribution is -2.35. The zero-order chi connectivity index (χ0) is 24.7. The van der Waals surface area contributed by atoms with Gasteiger partial charge in [0.25, 0.3) is 0 Å². The Balaban J connectivity index is 1.42. The molecule has 2 aromatic carbocycles. The summed E-state index contributed by atoms with van der Waals surface area (Å²) < 4.78 is 13.7. The van der Waals surface area contributed by atoms with Gasteiger partial charge in [-0.25, -0.2) is 4.98 Å². The molecule has 1 fully saturated rings. The molecule has 6 rings (SSSR count). The molecular formula is C28H27N5O2S. The van der Waals surface area contributed by atoms with Gasteiger partial charge in [0.2, 0.25) is 0 Å². The lowest BCUT2D eigenvalue weighted by atomic mass is 9.86. The molecule has 3 aromatic heterocycles. The van der Waals surface area contributed by atoms with E-state index in [0.717, 1.165) is 70.4 Å². The molecule has 1 aliphatic heterocycles. The number of fused-ring (bicyclic) bond motifs is 3. The molecule has 7 nitrogen and oxygen atoms in total. The molecule has 0 N–H and O–H groups in total.